The number of rotatable bonds is 4. The molecule has 2 rings (SSSR count). The lowest BCUT2D eigenvalue weighted by atomic mass is 10.1. The number of aryl methyl sites for hydroxylation is 2. The molecule has 0 fully saturated rings. The Bertz CT molecular complexity index is 684. The van der Waals surface area contributed by atoms with Crippen LogP contribution in [0.4, 0.5) is 0 Å². The highest BCUT2D eigenvalue weighted by Crippen LogP contribution is 2.32. The van der Waals surface area contributed by atoms with Crippen molar-refractivity contribution in [3.63, 3.8) is 0 Å². The molecular weight excluding hydrogens is 354 g/mol. The second-order valence-electron chi connectivity index (χ2n) is 5.09. The zero-order chi connectivity index (χ0) is 15.7. The van der Waals surface area contributed by atoms with E-state index in [-0.39, 0.29) is 12.4 Å². The molecule has 21 heavy (non-hydrogen) atoms. The first kappa shape index (κ1) is 16.1. The number of nitrogens with zero attached hydrogens (tertiary/aromatic N) is 1. The summed E-state index contributed by atoms with van der Waals surface area (Å²) in [6.07, 6.45) is 0. The van der Waals surface area contributed by atoms with E-state index < -0.39 is 0 Å². The highest BCUT2D eigenvalue weighted by Gasteiger charge is 2.16. The van der Waals surface area contributed by atoms with Crippen molar-refractivity contribution >= 4 is 33.3 Å². The predicted molar refractivity (Wildman–Crippen MR) is 88.6 cm³/mol. The Hall–Kier alpha value is -1.26. The van der Waals surface area contributed by atoms with E-state index in [4.69, 9.17) is 16.3 Å². The summed E-state index contributed by atoms with van der Waals surface area (Å²) in [6, 6.07) is 5.55. The lowest BCUT2D eigenvalue weighted by molar-refractivity contribution is 0.0920. The van der Waals surface area contributed by atoms with E-state index >= 15 is 0 Å². The summed E-state index contributed by atoms with van der Waals surface area (Å²) in [5.74, 6) is 0.508. The molecule has 0 unspecified atom stereocenters. The fourth-order valence-electron chi connectivity index (χ4n) is 2.22. The number of ether oxygens (including phenoxy) is 1. The van der Waals surface area contributed by atoms with Gasteiger partial charge >= 0.3 is 0 Å². The molecule has 1 aromatic heterocycles. The van der Waals surface area contributed by atoms with Crippen LogP contribution in [0.15, 0.2) is 22.7 Å². The maximum absolute atomic E-state index is 12.3. The van der Waals surface area contributed by atoms with E-state index in [0.717, 1.165) is 21.4 Å². The molecular formula is C16H17BrClNO2. The number of carbonyl (C=O) groups is 1. The summed E-state index contributed by atoms with van der Waals surface area (Å²) < 4.78 is 8.51. The standard InChI is InChI=1S/C16H17BrClNO2/c1-9-5-12(17)7-14(18)16(9)21-8-15(20)13-6-10(2)19(4)11(13)3/h5-7H,8H2,1-4H3. The van der Waals surface area contributed by atoms with Gasteiger partial charge in [-0.05, 0) is 44.5 Å². The molecule has 3 nitrogen and oxygen atoms in total. The van der Waals surface area contributed by atoms with Crippen molar-refractivity contribution < 1.29 is 9.53 Å². The Morgan fingerprint density at radius 2 is 1.95 bits per heavy atom. The maximum Gasteiger partial charge on any atom is 0.202 e. The van der Waals surface area contributed by atoms with Gasteiger partial charge in [0.25, 0.3) is 0 Å². The maximum atomic E-state index is 12.3. The van der Waals surface area contributed by atoms with Gasteiger partial charge in [0, 0.05) is 28.5 Å². The molecule has 0 saturated carbocycles. The Balaban J connectivity index is 2.17. The molecule has 0 saturated heterocycles. The fraction of sp³-hybridized carbons (Fsp3) is 0.312. The first-order valence-electron chi connectivity index (χ1n) is 6.55. The van der Waals surface area contributed by atoms with Gasteiger partial charge in [0.1, 0.15) is 5.75 Å². The smallest absolute Gasteiger partial charge is 0.202 e. The molecule has 0 spiro atoms. The summed E-state index contributed by atoms with van der Waals surface area (Å²) >= 11 is 9.53. The van der Waals surface area contributed by atoms with Crippen molar-refractivity contribution in [1.82, 2.24) is 4.57 Å². The van der Waals surface area contributed by atoms with Crippen LogP contribution in [0.25, 0.3) is 0 Å². The third-order valence-corrected chi connectivity index (χ3v) is 4.36. The molecule has 0 atom stereocenters. The number of ketones is 1. The average Bonchev–Trinajstić information content (AvgIpc) is 2.65. The molecule has 1 aromatic carbocycles. The second kappa shape index (κ2) is 6.24. The Labute approximate surface area is 138 Å². The highest BCUT2D eigenvalue weighted by molar-refractivity contribution is 9.10. The molecule has 0 N–H and O–H groups in total. The Morgan fingerprint density at radius 1 is 1.29 bits per heavy atom. The number of Topliss-reactive ketones (excluding diaryl/α,β-unsaturated/α-hetero) is 1. The normalized spacial score (nSPS) is 10.8. The third-order valence-electron chi connectivity index (χ3n) is 3.62. The Kier molecular flexibility index (Phi) is 4.79. The summed E-state index contributed by atoms with van der Waals surface area (Å²) in [4.78, 5) is 12.3. The zero-order valence-corrected chi connectivity index (χ0v) is 14.8. The van der Waals surface area contributed by atoms with Crippen LogP contribution in [0.5, 0.6) is 5.75 Å². The monoisotopic (exact) mass is 369 g/mol. The van der Waals surface area contributed by atoms with E-state index in [1.54, 1.807) is 6.07 Å². The van der Waals surface area contributed by atoms with Crippen LogP contribution in [-0.4, -0.2) is 17.0 Å². The van der Waals surface area contributed by atoms with Crippen molar-refractivity contribution in [2.24, 2.45) is 7.05 Å². The molecule has 0 aliphatic rings. The van der Waals surface area contributed by atoms with E-state index in [1.807, 2.05) is 44.5 Å². The molecule has 112 valence electrons. The molecule has 0 aliphatic heterocycles. The molecule has 0 amide bonds. The summed E-state index contributed by atoms with van der Waals surface area (Å²) in [6.45, 7) is 5.78. The molecule has 0 aliphatic carbocycles. The highest BCUT2D eigenvalue weighted by atomic mass is 79.9. The van der Waals surface area contributed by atoms with Crippen LogP contribution in [-0.2, 0) is 7.05 Å². The molecule has 2 aromatic rings. The predicted octanol–water partition coefficient (Wildman–Crippen LogP) is 4.63. The molecule has 5 heteroatoms. The van der Waals surface area contributed by atoms with Gasteiger partial charge in [0.05, 0.1) is 5.02 Å². The van der Waals surface area contributed by atoms with Crippen LogP contribution in [0.2, 0.25) is 5.02 Å². The van der Waals surface area contributed by atoms with Crippen molar-refractivity contribution in [1.29, 1.82) is 0 Å². The van der Waals surface area contributed by atoms with Gasteiger partial charge in [-0.3, -0.25) is 4.79 Å². The van der Waals surface area contributed by atoms with Gasteiger partial charge in [-0.1, -0.05) is 27.5 Å². The number of carbonyl (C=O) groups excluding carboxylic acids is 1. The summed E-state index contributed by atoms with van der Waals surface area (Å²) in [7, 11) is 1.94. The minimum atomic E-state index is -0.0467. The Morgan fingerprint density at radius 3 is 2.48 bits per heavy atom. The van der Waals surface area contributed by atoms with Gasteiger partial charge in [0.15, 0.2) is 6.61 Å². The zero-order valence-electron chi connectivity index (χ0n) is 12.5. The van der Waals surface area contributed by atoms with Gasteiger partial charge < -0.3 is 9.30 Å². The number of halogens is 2. The average molecular weight is 371 g/mol. The van der Waals surface area contributed by atoms with E-state index in [0.29, 0.717) is 16.3 Å². The first-order valence-corrected chi connectivity index (χ1v) is 7.73. The number of aromatic nitrogens is 1. The lowest BCUT2D eigenvalue weighted by Crippen LogP contribution is -2.13. The van der Waals surface area contributed by atoms with E-state index in [9.17, 15) is 4.79 Å². The molecule has 0 bridgehead atoms. The van der Waals surface area contributed by atoms with Gasteiger partial charge in [0.2, 0.25) is 5.78 Å². The van der Waals surface area contributed by atoms with Gasteiger partial charge in [-0.15, -0.1) is 0 Å². The fourth-order valence-corrected chi connectivity index (χ4v) is 3.25. The lowest BCUT2D eigenvalue weighted by Gasteiger charge is -2.11. The van der Waals surface area contributed by atoms with Crippen LogP contribution < -0.4 is 4.74 Å². The van der Waals surface area contributed by atoms with Crippen molar-refractivity contribution in [3.05, 3.63) is 50.2 Å². The number of benzene rings is 1. The van der Waals surface area contributed by atoms with Crippen molar-refractivity contribution in [2.75, 3.05) is 6.61 Å². The molecule has 1 heterocycles. The van der Waals surface area contributed by atoms with Gasteiger partial charge in [-0.25, -0.2) is 0 Å². The minimum Gasteiger partial charge on any atom is -0.484 e. The van der Waals surface area contributed by atoms with Crippen LogP contribution in [0.1, 0.15) is 27.3 Å². The van der Waals surface area contributed by atoms with Crippen LogP contribution in [0, 0.1) is 20.8 Å². The topological polar surface area (TPSA) is 31.2 Å². The van der Waals surface area contributed by atoms with Gasteiger partial charge in [-0.2, -0.15) is 0 Å². The van der Waals surface area contributed by atoms with Crippen molar-refractivity contribution in [2.45, 2.75) is 20.8 Å². The third kappa shape index (κ3) is 3.33. The number of hydrogen-bond acceptors (Lipinski definition) is 2. The largest absolute Gasteiger partial charge is 0.484 e. The second-order valence-corrected chi connectivity index (χ2v) is 6.41. The first-order chi connectivity index (χ1) is 9.81. The van der Waals surface area contributed by atoms with Crippen LogP contribution in [0.3, 0.4) is 0 Å². The van der Waals surface area contributed by atoms with E-state index in [2.05, 4.69) is 15.9 Å². The summed E-state index contributed by atoms with van der Waals surface area (Å²) in [5.41, 5.74) is 3.58. The van der Waals surface area contributed by atoms with E-state index in [1.165, 1.54) is 0 Å². The van der Waals surface area contributed by atoms with Crippen LogP contribution >= 0.6 is 27.5 Å². The summed E-state index contributed by atoms with van der Waals surface area (Å²) in [5, 5.41) is 0.496. The SMILES string of the molecule is Cc1cc(Br)cc(Cl)c1OCC(=O)c1cc(C)n(C)c1C. The quantitative estimate of drug-likeness (QED) is 0.735. The van der Waals surface area contributed by atoms with Crippen molar-refractivity contribution in [3.8, 4) is 5.75 Å². The number of hydrogen-bond donors (Lipinski definition) is 0. The molecule has 0 radical (unpaired) electrons. The minimum absolute atomic E-state index is 0.0213.